The fourth-order valence-electron chi connectivity index (χ4n) is 9.68. The number of rotatable bonds is 9. The number of carbonyl (C=O) groups is 1. The Morgan fingerprint density at radius 1 is 0.376 bits per heavy atom. The van der Waals surface area contributed by atoms with Crippen LogP contribution >= 0.6 is 0 Å². The molecule has 0 spiro atoms. The Morgan fingerprint density at radius 2 is 0.671 bits per heavy atom. The Morgan fingerprint density at radius 3 is 0.965 bits per heavy atom. The van der Waals surface area contributed by atoms with Gasteiger partial charge in [-0.3, -0.25) is 4.79 Å². The molecule has 450 valence electrons. The third-order valence-electron chi connectivity index (χ3n) is 13.6. The predicted octanol–water partition coefficient (Wildman–Crippen LogP) is 17.0. The molecule has 0 N–H and O–H groups in total. The lowest BCUT2D eigenvalue weighted by Gasteiger charge is -2.46. The molecule has 0 radical (unpaired) electrons. The minimum atomic E-state index is -6.13. The van der Waals surface area contributed by atoms with Gasteiger partial charge >= 0.3 is 49.4 Å². The van der Waals surface area contributed by atoms with E-state index in [0.29, 0.717) is 12.5 Å². The van der Waals surface area contributed by atoms with Gasteiger partial charge in [0, 0.05) is 17.2 Å². The van der Waals surface area contributed by atoms with Gasteiger partial charge in [0.15, 0.2) is 6.20 Å². The van der Waals surface area contributed by atoms with Crippen molar-refractivity contribution in [3.8, 4) is 11.3 Å². The molecule has 0 bridgehead atoms. The summed E-state index contributed by atoms with van der Waals surface area (Å²) in [5, 5.41) is 2.33. The predicted molar refractivity (Wildman–Crippen MR) is 265 cm³/mol. The number of nitrogens with zero attached hydrogens (tertiary/aromatic N) is 1. The van der Waals surface area contributed by atoms with Crippen molar-refractivity contribution >= 4 is 44.6 Å². The number of hydrogen-bond acceptors (Lipinski definition) is 1. The summed E-state index contributed by atoms with van der Waals surface area (Å²) >= 11 is 0. The number of Topliss-reactive ketones (excluding diaryl/α,β-unsaturated/α-hetero) is 1. The first kappa shape index (κ1) is 64.6. The molecule has 85 heavy (non-hydrogen) atoms. The van der Waals surface area contributed by atoms with Crippen LogP contribution in [0.3, 0.4) is 0 Å². The first-order valence-electron chi connectivity index (χ1n) is 24.3. The van der Waals surface area contributed by atoms with Crippen molar-refractivity contribution in [2.24, 2.45) is 0 Å². The van der Waals surface area contributed by atoms with Crippen molar-refractivity contribution < 1.29 is 115 Å². The summed E-state index contributed by atoms with van der Waals surface area (Å²) < 4.78 is 343. The maximum absolute atomic E-state index is 14.2. The number of alkyl halides is 24. The zero-order valence-corrected chi connectivity index (χ0v) is 42.9. The van der Waals surface area contributed by atoms with Gasteiger partial charge in [-0.05, 0) is 59.3 Å². The number of halogens is 24. The van der Waals surface area contributed by atoms with E-state index in [2.05, 4.69) is 66.9 Å². The van der Waals surface area contributed by atoms with Crippen molar-refractivity contribution in [3.05, 3.63) is 220 Å². The average Bonchev–Trinajstić information content (AvgIpc) is 0.752. The third-order valence-corrected chi connectivity index (χ3v) is 13.6. The topological polar surface area (TPSA) is 20.9 Å². The summed E-state index contributed by atoms with van der Waals surface area (Å²) in [4.78, 5) is 12.9. The van der Waals surface area contributed by atoms with Gasteiger partial charge in [0.2, 0.25) is 18.0 Å². The normalized spacial score (nSPS) is 13.3. The van der Waals surface area contributed by atoms with Crippen LogP contribution < -0.4 is 26.4 Å². The number of fused-ring (bicyclic) bond motifs is 1. The quantitative estimate of drug-likeness (QED) is 0.0611. The molecular weight excluding hydrogens is 1190 g/mol. The zero-order chi connectivity index (χ0) is 63.4. The summed E-state index contributed by atoms with van der Waals surface area (Å²) in [5.74, 6) is 0.606. The van der Waals surface area contributed by atoms with Crippen LogP contribution in [0.2, 0.25) is 0 Å². The van der Waals surface area contributed by atoms with Crippen LogP contribution in [0.5, 0.6) is 0 Å². The molecule has 8 rings (SSSR count). The van der Waals surface area contributed by atoms with Gasteiger partial charge in [0.25, 0.3) is 0 Å². The van der Waals surface area contributed by atoms with Gasteiger partial charge in [-0.1, -0.05) is 123 Å². The van der Waals surface area contributed by atoms with Gasteiger partial charge in [0.05, 0.1) is 49.9 Å². The molecule has 0 saturated carbocycles. The molecule has 0 aliphatic carbocycles. The van der Waals surface area contributed by atoms with Gasteiger partial charge < -0.3 is 0 Å². The van der Waals surface area contributed by atoms with Crippen LogP contribution in [0.15, 0.2) is 164 Å². The Labute approximate surface area is 464 Å². The van der Waals surface area contributed by atoms with Gasteiger partial charge in [-0.2, -0.15) is 132 Å². The molecule has 0 atom stereocenters. The average molecular weight is 1230 g/mol. The van der Waals surface area contributed by atoms with Crippen LogP contribution in [0.25, 0.3) is 22.0 Å². The minimum absolute atomic E-state index is 0.112. The molecule has 27 heteroatoms. The minimum Gasteiger partial charge on any atom is -0.287 e. The summed E-state index contributed by atoms with van der Waals surface area (Å²) in [6.45, 7) is 4.72. The maximum Gasteiger partial charge on any atom is 0.416 e. The van der Waals surface area contributed by atoms with E-state index in [9.17, 15) is 110 Å². The molecule has 1 heterocycles. The van der Waals surface area contributed by atoms with E-state index < -0.39 is 195 Å². The maximum atomic E-state index is 14.2. The third kappa shape index (κ3) is 14.4. The van der Waals surface area contributed by atoms with E-state index in [1.54, 1.807) is 0 Å². The highest BCUT2D eigenvalue weighted by molar-refractivity contribution is 7.20. The molecule has 0 saturated heterocycles. The Kier molecular flexibility index (Phi) is 17.3. The van der Waals surface area contributed by atoms with Crippen molar-refractivity contribution in [2.45, 2.75) is 75.7 Å². The number of benzene rings is 7. The van der Waals surface area contributed by atoms with Crippen LogP contribution in [-0.2, 0) is 56.0 Å². The van der Waals surface area contributed by atoms with E-state index >= 15 is 0 Å². The Balaban J connectivity index is 0.000000306. The first-order valence-corrected chi connectivity index (χ1v) is 24.3. The van der Waals surface area contributed by atoms with Crippen LogP contribution in [-0.4, -0.2) is 11.9 Å². The number of carbonyl (C=O) groups excluding carboxylic acids is 1. The molecular formula is C58H36BF24NO. The smallest absolute Gasteiger partial charge is 0.287 e. The van der Waals surface area contributed by atoms with E-state index in [-0.39, 0.29) is 5.78 Å². The number of ketones is 1. The summed E-state index contributed by atoms with van der Waals surface area (Å²) in [6.07, 6.45) is -52.8. The van der Waals surface area contributed by atoms with Gasteiger partial charge in [-0.15, -0.1) is 0 Å². The van der Waals surface area contributed by atoms with E-state index in [4.69, 9.17) is 0 Å². The Bertz CT molecular complexity index is 3300. The summed E-state index contributed by atoms with van der Waals surface area (Å²) in [5.41, 5.74) is -25.9. The van der Waals surface area contributed by atoms with E-state index in [0.717, 1.165) is 22.2 Å². The van der Waals surface area contributed by atoms with Crippen LogP contribution in [0.4, 0.5) is 105 Å². The molecule has 0 aliphatic heterocycles. The molecule has 0 unspecified atom stereocenters. The highest BCUT2D eigenvalue weighted by Crippen LogP contribution is 2.42. The summed E-state index contributed by atoms with van der Waals surface area (Å²) in [6, 6.07) is 19.8. The Hall–Kier alpha value is -8.00. The van der Waals surface area contributed by atoms with Gasteiger partial charge in [0.1, 0.15) is 6.15 Å². The number of pyridine rings is 1. The van der Waals surface area contributed by atoms with Crippen molar-refractivity contribution in [3.63, 3.8) is 0 Å². The standard InChI is InChI=1S/C32H12BF24.C26H24NO/c34-25(35,36)13-1-14(26(37,38)39)6-21(5-13)33(22-7-15(27(40,41)42)2-16(8-22)28(43,44)45,23-9-17(29(46,47)48)3-18(10-23)30(49,50)51)24-11-19(31(52,53)54)4-20(12-24)32(55,56)57;1-19(2)20-12-14-23(15-13-20)26-24-11-7-6-8-21(24)16-17-27(26)18-25(28)22-9-4-3-5-10-22/h1-12H;3-17,19H,18H2,1-2H3/q-1;+1. The van der Waals surface area contributed by atoms with E-state index in [1.807, 2.05) is 42.6 Å². The number of aromatic nitrogens is 1. The van der Waals surface area contributed by atoms with Crippen molar-refractivity contribution in [2.75, 3.05) is 0 Å². The van der Waals surface area contributed by atoms with Crippen LogP contribution in [0, 0.1) is 0 Å². The number of hydrogen-bond donors (Lipinski definition) is 0. The lowest BCUT2D eigenvalue weighted by atomic mass is 9.12. The highest BCUT2D eigenvalue weighted by atomic mass is 19.4. The molecule has 0 aliphatic rings. The first-order chi connectivity index (χ1) is 38.9. The monoisotopic (exact) mass is 1230 g/mol. The fourth-order valence-corrected chi connectivity index (χ4v) is 9.68. The lowest BCUT2D eigenvalue weighted by Crippen LogP contribution is -2.75. The van der Waals surface area contributed by atoms with Crippen LogP contribution in [0.1, 0.15) is 80.2 Å². The lowest BCUT2D eigenvalue weighted by molar-refractivity contribution is -0.671. The molecule has 0 amide bonds. The largest absolute Gasteiger partial charge is 0.416 e. The summed E-state index contributed by atoms with van der Waals surface area (Å²) in [7, 11) is 0. The SMILES string of the molecule is CC(C)c1ccc(-c2c3ccccc3cc[n+]2CC(=O)c2ccccc2)cc1.FC(F)(F)c1cc([B-](c2cc(C(F)(F)F)cc(C(F)(F)F)c2)(c2cc(C(F)(F)F)cc(C(F)(F)F)c2)c2cc(C(F)(F)F)cc(C(F)(F)F)c2)cc(C(F)(F)F)c1. The highest BCUT2D eigenvalue weighted by Gasteiger charge is 2.47. The molecule has 0 fully saturated rings. The molecule has 2 nitrogen and oxygen atoms in total. The molecule has 7 aromatic carbocycles. The van der Waals surface area contributed by atoms with Crippen molar-refractivity contribution in [1.82, 2.24) is 0 Å². The second-order valence-corrected chi connectivity index (χ2v) is 19.7. The second kappa shape index (κ2) is 22.8. The second-order valence-electron chi connectivity index (χ2n) is 19.7. The van der Waals surface area contributed by atoms with E-state index in [1.165, 1.54) is 10.9 Å². The molecule has 1 aromatic heterocycles. The fraction of sp³-hybridized carbons (Fsp3) is 0.207. The van der Waals surface area contributed by atoms with Crippen molar-refractivity contribution in [1.29, 1.82) is 0 Å². The zero-order valence-electron chi connectivity index (χ0n) is 42.9. The van der Waals surface area contributed by atoms with Gasteiger partial charge in [-0.25, -0.2) is 0 Å². The molecule has 8 aromatic rings.